The lowest BCUT2D eigenvalue weighted by Crippen LogP contribution is -2.31. The van der Waals surface area contributed by atoms with Gasteiger partial charge in [-0.15, -0.1) is 0 Å². The van der Waals surface area contributed by atoms with E-state index in [1.807, 2.05) is 91.9 Å². The minimum atomic E-state index is -0.637. The number of aryl methyl sites for hydroxylation is 1. The van der Waals surface area contributed by atoms with E-state index in [1.165, 1.54) is 0 Å². The van der Waals surface area contributed by atoms with Gasteiger partial charge in [-0.1, -0.05) is 90.2 Å². The minimum absolute atomic E-state index is 0.0704. The van der Waals surface area contributed by atoms with Gasteiger partial charge in [-0.25, -0.2) is 4.79 Å². The van der Waals surface area contributed by atoms with Crippen molar-refractivity contribution < 1.29 is 9.53 Å². The van der Waals surface area contributed by atoms with E-state index in [-0.39, 0.29) is 24.8 Å². The molecule has 3 aromatic carbocycles. The highest BCUT2D eigenvalue weighted by molar-refractivity contribution is 5.94. The first-order valence-corrected chi connectivity index (χ1v) is 9.78. The summed E-state index contributed by atoms with van der Waals surface area (Å²) in [5, 5.41) is 10.7. The lowest BCUT2D eigenvalue weighted by Gasteiger charge is -2.14. The fourth-order valence-electron chi connectivity index (χ4n) is 2.88. The van der Waals surface area contributed by atoms with Crippen LogP contribution < -0.4 is 5.32 Å². The van der Waals surface area contributed by atoms with Gasteiger partial charge < -0.3 is 4.74 Å². The third kappa shape index (κ3) is 6.65. The lowest BCUT2D eigenvalue weighted by atomic mass is 9.94. The second-order valence-corrected chi connectivity index (χ2v) is 6.97. The van der Waals surface area contributed by atoms with Crippen LogP contribution in [0.4, 0.5) is 4.79 Å². The molecule has 0 radical (unpaired) electrons. The van der Waals surface area contributed by atoms with Gasteiger partial charge in [0.05, 0.1) is 5.92 Å². The number of rotatable bonds is 5. The molecule has 3 rings (SSSR count). The SMILES string of the molecule is Cc1ccc(C(C#Cc2ccccc2)CC(=N)NC(=O)OCc2ccccc2)cc1. The highest BCUT2D eigenvalue weighted by atomic mass is 16.5. The van der Waals surface area contributed by atoms with Crippen LogP contribution >= 0.6 is 0 Å². The number of amides is 1. The number of hydrogen-bond acceptors (Lipinski definition) is 3. The molecule has 0 fully saturated rings. The van der Waals surface area contributed by atoms with Gasteiger partial charge in [-0.3, -0.25) is 10.7 Å². The Kier molecular flexibility index (Phi) is 7.40. The predicted molar refractivity (Wildman–Crippen MR) is 119 cm³/mol. The molecule has 30 heavy (non-hydrogen) atoms. The van der Waals surface area contributed by atoms with E-state index in [9.17, 15) is 4.79 Å². The maximum Gasteiger partial charge on any atom is 0.412 e. The maximum atomic E-state index is 12.1. The molecule has 4 nitrogen and oxygen atoms in total. The summed E-state index contributed by atoms with van der Waals surface area (Å²) in [6.07, 6.45) is -0.355. The summed E-state index contributed by atoms with van der Waals surface area (Å²) in [4.78, 5) is 12.1. The Morgan fingerprint density at radius 2 is 1.60 bits per heavy atom. The number of hydrogen-bond donors (Lipinski definition) is 2. The van der Waals surface area contributed by atoms with Crippen molar-refractivity contribution in [1.82, 2.24) is 5.32 Å². The first kappa shape index (κ1) is 20.9. The molecule has 1 unspecified atom stereocenters. The molecule has 2 N–H and O–H groups in total. The van der Waals surface area contributed by atoms with E-state index in [2.05, 4.69) is 17.2 Å². The number of nitrogens with one attached hydrogen (secondary N) is 2. The molecular weight excluding hydrogens is 372 g/mol. The van der Waals surface area contributed by atoms with Crippen molar-refractivity contribution in [3.63, 3.8) is 0 Å². The van der Waals surface area contributed by atoms with Crippen molar-refractivity contribution in [3.05, 3.63) is 107 Å². The molecule has 0 aliphatic carbocycles. The second-order valence-electron chi connectivity index (χ2n) is 6.97. The third-order valence-corrected chi connectivity index (χ3v) is 4.52. The summed E-state index contributed by atoms with van der Waals surface area (Å²) in [6.45, 7) is 2.19. The molecule has 0 spiro atoms. The van der Waals surface area contributed by atoms with Gasteiger partial charge in [0.2, 0.25) is 0 Å². The molecule has 150 valence electrons. The fraction of sp³-hybridized carbons (Fsp3) is 0.154. The quantitative estimate of drug-likeness (QED) is 0.343. The van der Waals surface area contributed by atoms with Crippen LogP contribution in [0.2, 0.25) is 0 Å². The molecule has 1 atom stereocenters. The van der Waals surface area contributed by atoms with E-state index in [1.54, 1.807) is 0 Å². The Morgan fingerprint density at radius 1 is 0.967 bits per heavy atom. The van der Waals surface area contributed by atoms with Crippen molar-refractivity contribution in [2.24, 2.45) is 0 Å². The molecule has 0 aliphatic heterocycles. The van der Waals surface area contributed by atoms with E-state index < -0.39 is 6.09 Å². The van der Waals surface area contributed by atoms with Gasteiger partial charge in [-0.2, -0.15) is 0 Å². The van der Waals surface area contributed by atoms with Crippen LogP contribution in [0.5, 0.6) is 0 Å². The number of ether oxygens (including phenoxy) is 1. The Balaban J connectivity index is 1.64. The van der Waals surface area contributed by atoms with Crippen molar-refractivity contribution in [3.8, 4) is 11.8 Å². The molecule has 0 saturated carbocycles. The fourth-order valence-corrected chi connectivity index (χ4v) is 2.88. The maximum absolute atomic E-state index is 12.1. The van der Waals surface area contributed by atoms with Crippen molar-refractivity contribution in [2.75, 3.05) is 0 Å². The smallest absolute Gasteiger partial charge is 0.412 e. The van der Waals surface area contributed by atoms with Crippen LogP contribution in [0.15, 0.2) is 84.9 Å². The number of alkyl carbamates (subject to hydrolysis) is 1. The Bertz CT molecular complexity index is 1030. The van der Waals surface area contributed by atoms with Crippen molar-refractivity contribution in [2.45, 2.75) is 25.9 Å². The summed E-state index contributed by atoms with van der Waals surface area (Å²) in [5.74, 6) is 6.28. The summed E-state index contributed by atoms with van der Waals surface area (Å²) in [7, 11) is 0. The molecular formula is C26H24N2O2. The van der Waals surface area contributed by atoms with E-state index in [0.717, 1.165) is 22.3 Å². The largest absolute Gasteiger partial charge is 0.444 e. The summed E-state index contributed by atoms with van der Waals surface area (Å²) in [6, 6.07) is 27.2. The number of carbonyl (C=O) groups is 1. The Morgan fingerprint density at radius 3 is 2.27 bits per heavy atom. The average molecular weight is 396 g/mol. The molecule has 3 aromatic rings. The molecule has 0 aromatic heterocycles. The zero-order valence-corrected chi connectivity index (χ0v) is 16.9. The molecule has 0 heterocycles. The first-order valence-electron chi connectivity index (χ1n) is 9.78. The topological polar surface area (TPSA) is 62.2 Å². The Hall–Kier alpha value is -3.84. The van der Waals surface area contributed by atoms with Crippen LogP contribution in [0.1, 0.15) is 34.6 Å². The van der Waals surface area contributed by atoms with Crippen LogP contribution in [0, 0.1) is 24.2 Å². The average Bonchev–Trinajstić information content (AvgIpc) is 2.77. The second kappa shape index (κ2) is 10.6. The van der Waals surface area contributed by atoms with Crippen LogP contribution in [0.25, 0.3) is 0 Å². The van der Waals surface area contributed by atoms with Crippen LogP contribution in [-0.4, -0.2) is 11.9 Å². The normalized spacial score (nSPS) is 11.0. The zero-order chi connectivity index (χ0) is 21.2. The molecule has 0 bridgehead atoms. The monoisotopic (exact) mass is 396 g/mol. The van der Waals surface area contributed by atoms with Gasteiger partial charge in [-0.05, 0) is 30.2 Å². The van der Waals surface area contributed by atoms with Gasteiger partial charge in [0.1, 0.15) is 12.4 Å². The van der Waals surface area contributed by atoms with Crippen molar-refractivity contribution >= 4 is 11.9 Å². The van der Waals surface area contributed by atoms with Gasteiger partial charge in [0.15, 0.2) is 0 Å². The van der Waals surface area contributed by atoms with Gasteiger partial charge >= 0.3 is 6.09 Å². The van der Waals surface area contributed by atoms with Crippen molar-refractivity contribution in [1.29, 1.82) is 5.41 Å². The van der Waals surface area contributed by atoms with Gasteiger partial charge in [0, 0.05) is 12.0 Å². The molecule has 1 amide bonds. The summed E-state index contributed by atoms with van der Waals surface area (Å²) in [5.41, 5.74) is 3.97. The summed E-state index contributed by atoms with van der Waals surface area (Å²) < 4.78 is 5.20. The zero-order valence-electron chi connectivity index (χ0n) is 16.9. The Labute approximate surface area is 177 Å². The summed E-state index contributed by atoms with van der Waals surface area (Å²) >= 11 is 0. The van der Waals surface area contributed by atoms with E-state index in [4.69, 9.17) is 10.1 Å². The number of benzene rings is 3. The van der Waals surface area contributed by atoms with Crippen LogP contribution in [0.3, 0.4) is 0 Å². The van der Waals surface area contributed by atoms with E-state index >= 15 is 0 Å². The minimum Gasteiger partial charge on any atom is -0.444 e. The predicted octanol–water partition coefficient (Wildman–Crippen LogP) is 5.42. The third-order valence-electron chi connectivity index (χ3n) is 4.52. The van der Waals surface area contributed by atoms with E-state index in [0.29, 0.717) is 0 Å². The van der Waals surface area contributed by atoms with Crippen LogP contribution in [-0.2, 0) is 11.3 Å². The highest BCUT2D eigenvalue weighted by Gasteiger charge is 2.14. The molecule has 4 heteroatoms. The first-order chi connectivity index (χ1) is 14.6. The lowest BCUT2D eigenvalue weighted by molar-refractivity contribution is 0.145. The number of amidine groups is 1. The molecule has 0 saturated heterocycles. The molecule has 0 aliphatic rings. The van der Waals surface area contributed by atoms with Gasteiger partial charge in [0.25, 0.3) is 0 Å². The standard InChI is InChI=1S/C26H24N2O2/c1-20-12-15-23(16-13-20)24(17-14-21-8-4-2-5-9-21)18-25(27)28-26(29)30-19-22-10-6-3-7-11-22/h2-13,15-16,24H,18-19H2,1H3,(H2,27,28,29). The number of carbonyl (C=O) groups excluding carboxylic acids is 1. The highest BCUT2D eigenvalue weighted by Crippen LogP contribution is 2.20.